The maximum Gasteiger partial charge on any atom is 0.250 e. The van der Waals surface area contributed by atoms with Crippen LogP contribution < -0.4 is 15.7 Å². The van der Waals surface area contributed by atoms with Gasteiger partial charge < -0.3 is 24.6 Å². The van der Waals surface area contributed by atoms with Crippen molar-refractivity contribution in [2.75, 3.05) is 18.0 Å². The molecule has 4 aromatic rings. The van der Waals surface area contributed by atoms with E-state index in [9.17, 15) is 20.0 Å². The van der Waals surface area contributed by atoms with Crippen LogP contribution in [0.1, 0.15) is 54.7 Å². The third-order valence-electron chi connectivity index (χ3n) is 10.1. The number of quaternary nitrogens is 1. The highest BCUT2D eigenvalue weighted by Crippen LogP contribution is 2.48. The molecule has 216 valence electrons. The van der Waals surface area contributed by atoms with Crippen molar-refractivity contribution in [3.8, 4) is 0 Å². The number of H-pyrrole nitrogens is 1. The standard InChI is InChI=1S/C32H34N6O4/c39-29-10-5-9-26-20-14-21(18-36(26)29)30-23(16-19-15-22(38(41)42)11-12-27(19)37(30)17-20)32(40)35-13-4-3-8-28(35)31-33-24-6-1-2-7-25(24)34-31/h1-2,5-7,9-12,15,20-21,23,28,30,38,41H,3-4,8,13-14,16-18H2,(H,33,34). The van der Waals surface area contributed by atoms with Gasteiger partial charge in [-0.1, -0.05) is 18.2 Å². The van der Waals surface area contributed by atoms with Crippen molar-refractivity contribution in [3.63, 3.8) is 0 Å². The van der Waals surface area contributed by atoms with E-state index in [-0.39, 0.29) is 47.0 Å². The number of benzene rings is 2. The highest BCUT2D eigenvalue weighted by Gasteiger charge is 2.51. The molecule has 10 nitrogen and oxygen atoms in total. The van der Waals surface area contributed by atoms with Crippen LogP contribution in [0.3, 0.4) is 0 Å². The van der Waals surface area contributed by atoms with Gasteiger partial charge in [0.25, 0.3) is 5.56 Å². The number of anilines is 1. The Hall–Kier alpha value is -3.99. The van der Waals surface area contributed by atoms with Crippen LogP contribution >= 0.6 is 0 Å². The average Bonchev–Trinajstić information content (AvgIpc) is 3.45. The first-order valence-corrected chi connectivity index (χ1v) is 15.0. The van der Waals surface area contributed by atoms with Crippen LogP contribution in [0.4, 0.5) is 11.4 Å². The zero-order chi connectivity index (χ0) is 28.5. The number of imidazole rings is 1. The highest BCUT2D eigenvalue weighted by molar-refractivity contribution is 5.83. The van der Waals surface area contributed by atoms with E-state index in [4.69, 9.17) is 4.98 Å². The molecule has 0 saturated carbocycles. The second-order valence-electron chi connectivity index (χ2n) is 12.4. The Kier molecular flexibility index (Phi) is 5.99. The third kappa shape index (κ3) is 4.00. The van der Waals surface area contributed by atoms with Crippen molar-refractivity contribution < 1.29 is 15.2 Å². The van der Waals surface area contributed by atoms with E-state index >= 15 is 0 Å². The molecule has 8 rings (SSSR count). The van der Waals surface area contributed by atoms with Gasteiger partial charge in [0.05, 0.1) is 23.0 Å². The van der Waals surface area contributed by atoms with Gasteiger partial charge in [-0.25, -0.2) is 10.2 Å². The zero-order valence-electron chi connectivity index (χ0n) is 23.3. The summed E-state index contributed by atoms with van der Waals surface area (Å²) in [4.78, 5) is 40.4. The Morgan fingerprint density at radius 2 is 1.95 bits per heavy atom. The number of carbonyl (C=O) groups excluding carboxylic acids is 1. The van der Waals surface area contributed by atoms with E-state index in [2.05, 4.69) is 16.0 Å². The summed E-state index contributed by atoms with van der Waals surface area (Å²) in [7, 11) is 0. The number of para-hydroxylation sites is 2. The Morgan fingerprint density at radius 1 is 1.07 bits per heavy atom. The summed E-state index contributed by atoms with van der Waals surface area (Å²) >= 11 is 0. The molecule has 2 saturated heterocycles. The summed E-state index contributed by atoms with van der Waals surface area (Å²) in [6.45, 7) is 1.95. The van der Waals surface area contributed by atoms with Gasteiger partial charge in [-0.2, -0.15) is 5.23 Å². The maximum absolute atomic E-state index is 14.8. The largest absolute Gasteiger partial charge is 0.595 e. The second kappa shape index (κ2) is 9.79. The van der Waals surface area contributed by atoms with E-state index < -0.39 is 5.23 Å². The van der Waals surface area contributed by atoms with Crippen LogP contribution in [0.25, 0.3) is 11.0 Å². The minimum Gasteiger partial charge on any atom is -0.595 e. The van der Waals surface area contributed by atoms with E-state index in [1.807, 2.05) is 45.9 Å². The Bertz CT molecular complexity index is 1710. The lowest BCUT2D eigenvalue weighted by atomic mass is 9.69. The molecular weight excluding hydrogens is 532 g/mol. The number of amides is 1. The number of carbonyl (C=O) groups is 1. The van der Waals surface area contributed by atoms with E-state index in [1.165, 1.54) is 0 Å². The van der Waals surface area contributed by atoms with Gasteiger partial charge in [0.2, 0.25) is 5.91 Å². The number of pyridine rings is 1. The number of piperidine rings is 2. The van der Waals surface area contributed by atoms with Crippen molar-refractivity contribution in [3.05, 3.63) is 93.3 Å². The Balaban J connectivity index is 1.20. The average molecular weight is 567 g/mol. The zero-order valence-corrected chi connectivity index (χ0v) is 23.3. The van der Waals surface area contributed by atoms with Gasteiger partial charge in [0, 0.05) is 61.2 Å². The molecule has 2 bridgehead atoms. The molecule has 4 aliphatic rings. The predicted molar refractivity (Wildman–Crippen MR) is 156 cm³/mol. The fraction of sp³-hybridized carbons (Fsp3) is 0.406. The quantitative estimate of drug-likeness (QED) is 0.328. The first-order valence-electron chi connectivity index (χ1n) is 15.0. The monoisotopic (exact) mass is 566 g/mol. The number of hydrogen-bond acceptors (Lipinski definition) is 6. The van der Waals surface area contributed by atoms with Crippen LogP contribution in [0.5, 0.6) is 0 Å². The van der Waals surface area contributed by atoms with Crippen molar-refractivity contribution in [1.29, 1.82) is 0 Å². The number of hydrogen-bond donors (Lipinski definition) is 3. The molecule has 4 aliphatic heterocycles. The molecule has 1 amide bonds. The molecule has 2 aromatic heterocycles. The van der Waals surface area contributed by atoms with E-state index in [0.717, 1.165) is 59.5 Å². The smallest absolute Gasteiger partial charge is 0.250 e. The molecule has 0 radical (unpaired) electrons. The van der Waals surface area contributed by atoms with Gasteiger partial charge in [-0.3, -0.25) is 9.59 Å². The molecule has 6 atom stereocenters. The SMILES string of the molecule is O=C(C1Cc2cc([NH+]([O-])O)ccc2N2CC3CC(Cn4c3cccc4=O)C12)N1CCCCC1c1nc2ccccc2[nH]1. The molecule has 6 heterocycles. The van der Waals surface area contributed by atoms with Gasteiger partial charge in [-0.05, 0) is 67.9 Å². The molecule has 10 heteroatoms. The van der Waals surface area contributed by atoms with Crippen molar-refractivity contribution in [1.82, 2.24) is 19.4 Å². The number of likely N-dealkylation sites (tertiary alicyclic amines) is 1. The lowest BCUT2D eigenvalue weighted by Crippen LogP contribution is -2.99. The van der Waals surface area contributed by atoms with Gasteiger partial charge in [0.15, 0.2) is 5.69 Å². The second-order valence-corrected chi connectivity index (χ2v) is 12.4. The van der Waals surface area contributed by atoms with Crippen molar-refractivity contribution >= 4 is 28.3 Å². The Morgan fingerprint density at radius 3 is 2.81 bits per heavy atom. The van der Waals surface area contributed by atoms with E-state index in [1.54, 1.807) is 18.2 Å². The minimum atomic E-state index is -0.965. The number of aromatic nitrogens is 3. The number of aromatic amines is 1. The number of nitrogens with one attached hydrogen (secondary N) is 2. The number of fused-ring (bicyclic) bond motifs is 9. The van der Waals surface area contributed by atoms with Crippen LogP contribution in [0.2, 0.25) is 0 Å². The summed E-state index contributed by atoms with van der Waals surface area (Å²) in [6.07, 6.45) is 4.24. The molecule has 2 fully saturated rings. The first kappa shape index (κ1) is 25.7. The summed E-state index contributed by atoms with van der Waals surface area (Å²) in [6, 6.07) is 18.6. The highest BCUT2D eigenvalue weighted by atomic mass is 16.8. The van der Waals surface area contributed by atoms with Crippen molar-refractivity contribution in [2.24, 2.45) is 11.8 Å². The van der Waals surface area contributed by atoms with E-state index in [0.29, 0.717) is 26.1 Å². The molecule has 0 aliphatic carbocycles. The Labute approximate surface area is 242 Å². The van der Waals surface area contributed by atoms with Crippen LogP contribution in [-0.2, 0) is 17.8 Å². The fourth-order valence-electron chi connectivity index (χ4n) is 8.29. The topological polar surface area (TPSA) is 122 Å². The normalized spacial score (nSPS) is 27.2. The number of nitrogens with zero attached hydrogens (tertiary/aromatic N) is 4. The van der Waals surface area contributed by atoms with Gasteiger partial charge in [-0.15, -0.1) is 0 Å². The molecule has 3 N–H and O–H groups in total. The summed E-state index contributed by atoms with van der Waals surface area (Å²) in [5, 5.41) is 20.7. The molecular formula is C32H34N6O4. The lowest BCUT2D eigenvalue weighted by molar-refractivity contribution is -0.991. The fourth-order valence-corrected chi connectivity index (χ4v) is 8.29. The summed E-state index contributed by atoms with van der Waals surface area (Å²) < 4.78 is 1.92. The number of rotatable bonds is 3. The molecule has 0 spiro atoms. The van der Waals surface area contributed by atoms with Gasteiger partial charge >= 0.3 is 0 Å². The van der Waals surface area contributed by atoms with Crippen LogP contribution in [-0.4, -0.2) is 49.7 Å². The maximum atomic E-state index is 14.8. The summed E-state index contributed by atoms with van der Waals surface area (Å²) in [5.41, 5.74) is 5.10. The first-order chi connectivity index (χ1) is 20.5. The summed E-state index contributed by atoms with van der Waals surface area (Å²) in [5.74, 6) is 0.886. The third-order valence-corrected chi connectivity index (χ3v) is 10.1. The molecule has 42 heavy (non-hydrogen) atoms. The molecule has 2 aromatic carbocycles. The van der Waals surface area contributed by atoms with Crippen molar-refractivity contribution in [2.45, 2.75) is 56.7 Å². The van der Waals surface area contributed by atoms with Gasteiger partial charge in [0.1, 0.15) is 5.82 Å². The van der Waals surface area contributed by atoms with Crippen LogP contribution in [0, 0.1) is 17.0 Å². The lowest BCUT2D eigenvalue weighted by Gasteiger charge is -2.55. The molecule has 6 unspecified atom stereocenters. The predicted octanol–water partition coefficient (Wildman–Crippen LogP) is 3.05. The van der Waals surface area contributed by atoms with Crippen LogP contribution in [0.15, 0.2) is 65.5 Å². The minimum absolute atomic E-state index is 0.0156.